The molecule has 0 spiro atoms. The van der Waals surface area contributed by atoms with Crippen LogP contribution in [-0.2, 0) is 14.8 Å². The van der Waals surface area contributed by atoms with E-state index in [1.807, 2.05) is 4.90 Å². The summed E-state index contributed by atoms with van der Waals surface area (Å²) in [6, 6.07) is 16.3. The van der Waals surface area contributed by atoms with Gasteiger partial charge in [0.2, 0.25) is 15.9 Å². The zero-order valence-electron chi connectivity index (χ0n) is 17.4. The van der Waals surface area contributed by atoms with Crippen molar-refractivity contribution in [3.05, 3.63) is 60.2 Å². The first-order valence-electron chi connectivity index (χ1n) is 10.6. The quantitative estimate of drug-likeness (QED) is 0.753. The minimum atomic E-state index is -3.66. The van der Waals surface area contributed by atoms with Gasteiger partial charge in [0.15, 0.2) is 0 Å². The molecule has 7 heteroatoms. The maximum absolute atomic E-state index is 13.3. The van der Waals surface area contributed by atoms with Gasteiger partial charge in [0.1, 0.15) is 6.04 Å². The number of aryl methyl sites for hydroxylation is 1. The second-order valence-corrected chi connectivity index (χ2v) is 9.98. The van der Waals surface area contributed by atoms with E-state index in [9.17, 15) is 13.2 Å². The number of amides is 1. The summed E-state index contributed by atoms with van der Waals surface area (Å²) in [5.74, 6) is -0.0576. The van der Waals surface area contributed by atoms with Gasteiger partial charge in [0, 0.05) is 38.4 Å². The SMILES string of the molecule is Cc1ccc(N2CCCN(C(=O)C3CCCN3S(=O)(=O)c3ccccc3)CC2)cc1. The lowest BCUT2D eigenvalue weighted by molar-refractivity contribution is -0.134. The van der Waals surface area contributed by atoms with Gasteiger partial charge in [-0.25, -0.2) is 8.42 Å². The van der Waals surface area contributed by atoms with Gasteiger partial charge in [-0.2, -0.15) is 4.31 Å². The highest BCUT2D eigenvalue weighted by molar-refractivity contribution is 7.89. The first kappa shape index (κ1) is 20.9. The standard InChI is InChI=1S/C23H29N3O3S/c1-19-10-12-20(13-11-19)24-14-6-15-25(18-17-24)23(27)22-9-5-16-26(22)30(28,29)21-7-3-2-4-8-21/h2-4,7-8,10-13,22H,5-6,9,14-18H2,1H3. The zero-order chi connectivity index (χ0) is 21.1. The van der Waals surface area contributed by atoms with Crippen molar-refractivity contribution >= 4 is 21.6 Å². The fraction of sp³-hybridized carbons (Fsp3) is 0.435. The molecule has 2 aromatic rings. The first-order valence-corrected chi connectivity index (χ1v) is 12.1. The number of benzene rings is 2. The van der Waals surface area contributed by atoms with Crippen LogP contribution in [0.4, 0.5) is 5.69 Å². The minimum Gasteiger partial charge on any atom is -0.370 e. The van der Waals surface area contributed by atoms with E-state index in [1.54, 1.807) is 30.3 Å². The van der Waals surface area contributed by atoms with Crippen LogP contribution in [0.3, 0.4) is 0 Å². The molecule has 2 fully saturated rings. The van der Waals surface area contributed by atoms with Crippen LogP contribution in [-0.4, -0.2) is 62.3 Å². The molecule has 0 bridgehead atoms. The summed E-state index contributed by atoms with van der Waals surface area (Å²) < 4.78 is 27.6. The van der Waals surface area contributed by atoms with Gasteiger partial charge < -0.3 is 9.80 Å². The Bertz CT molecular complexity index is 977. The Kier molecular flexibility index (Phi) is 6.11. The van der Waals surface area contributed by atoms with Gasteiger partial charge in [-0.05, 0) is 50.5 Å². The molecule has 0 aromatic heterocycles. The molecule has 0 radical (unpaired) electrons. The van der Waals surface area contributed by atoms with Gasteiger partial charge in [0.05, 0.1) is 4.90 Å². The highest BCUT2D eigenvalue weighted by atomic mass is 32.2. The van der Waals surface area contributed by atoms with E-state index in [0.29, 0.717) is 32.5 Å². The van der Waals surface area contributed by atoms with Gasteiger partial charge >= 0.3 is 0 Å². The summed E-state index contributed by atoms with van der Waals surface area (Å²) in [7, 11) is -3.66. The lowest BCUT2D eigenvalue weighted by atomic mass is 10.2. The first-order chi connectivity index (χ1) is 14.5. The van der Waals surface area contributed by atoms with Crippen LogP contribution >= 0.6 is 0 Å². The molecule has 30 heavy (non-hydrogen) atoms. The number of carbonyl (C=O) groups is 1. The molecule has 160 valence electrons. The van der Waals surface area contributed by atoms with Crippen LogP contribution < -0.4 is 4.90 Å². The summed E-state index contributed by atoms with van der Waals surface area (Å²) in [4.78, 5) is 17.8. The number of anilines is 1. The third kappa shape index (κ3) is 4.23. The van der Waals surface area contributed by atoms with Crippen molar-refractivity contribution < 1.29 is 13.2 Å². The lowest BCUT2D eigenvalue weighted by Crippen LogP contribution is -2.48. The summed E-state index contributed by atoms with van der Waals surface area (Å²) in [5.41, 5.74) is 2.40. The normalized spacial score (nSPS) is 20.9. The predicted octanol–water partition coefficient (Wildman–Crippen LogP) is 2.89. The van der Waals surface area contributed by atoms with Crippen LogP contribution in [0.25, 0.3) is 0 Å². The molecular formula is C23H29N3O3S. The summed E-state index contributed by atoms with van der Waals surface area (Å²) in [6.07, 6.45) is 2.17. The van der Waals surface area contributed by atoms with E-state index < -0.39 is 16.1 Å². The fourth-order valence-electron chi connectivity index (χ4n) is 4.36. The van der Waals surface area contributed by atoms with Gasteiger partial charge in [-0.1, -0.05) is 35.9 Å². The third-order valence-corrected chi connectivity index (χ3v) is 7.97. The Morgan fingerprint density at radius 1 is 0.867 bits per heavy atom. The Labute approximate surface area is 179 Å². The number of carbonyl (C=O) groups excluding carboxylic acids is 1. The van der Waals surface area contributed by atoms with Gasteiger partial charge in [-0.15, -0.1) is 0 Å². The van der Waals surface area contributed by atoms with Crippen LogP contribution in [0.1, 0.15) is 24.8 Å². The van der Waals surface area contributed by atoms with Crippen molar-refractivity contribution in [1.82, 2.24) is 9.21 Å². The van der Waals surface area contributed by atoms with Crippen molar-refractivity contribution in [2.75, 3.05) is 37.6 Å². The minimum absolute atomic E-state index is 0.0576. The van der Waals surface area contributed by atoms with E-state index in [4.69, 9.17) is 0 Å². The number of hydrogen-bond acceptors (Lipinski definition) is 4. The number of nitrogens with zero attached hydrogens (tertiary/aromatic N) is 3. The molecule has 2 heterocycles. The monoisotopic (exact) mass is 427 g/mol. The molecule has 6 nitrogen and oxygen atoms in total. The fourth-order valence-corrected chi connectivity index (χ4v) is 6.04. The second kappa shape index (κ2) is 8.78. The average molecular weight is 428 g/mol. The Morgan fingerprint density at radius 2 is 1.60 bits per heavy atom. The molecule has 1 amide bonds. The highest BCUT2D eigenvalue weighted by Gasteiger charge is 2.41. The van der Waals surface area contributed by atoms with Crippen molar-refractivity contribution in [3.63, 3.8) is 0 Å². The van der Waals surface area contributed by atoms with Crippen molar-refractivity contribution in [2.45, 2.75) is 37.1 Å². The smallest absolute Gasteiger partial charge is 0.243 e. The molecule has 2 aromatic carbocycles. The third-order valence-electron chi connectivity index (χ3n) is 6.05. The molecule has 4 rings (SSSR count). The Balaban J connectivity index is 1.46. The maximum atomic E-state index is 13.3. The van der Waals surface area contributed by atoms with Crippen LogP contribution in [0.2, 0.25) is 0 Å². The molecule has 2 aliphatic rings. The summed E-state index contributed by atoms with van der Waals surface area (Å²) >= 11 is 0. The van der Waals surface area contributed by atoms with Gasteiger partial charge in [0.25, 0.3) is 0 Å². The highest BCUT2D eigenvalue weighted by Crippen LogP contribution is 2.28. The van der Waals surface area contributed by atoms with Crippen LogP contribution in [0.15, 0.2) is 59.5 Å². The zero-order valence-corrected chi connectivity index (χ0v) is 18.2. The largest absolute Gasteiger partial charge is 0.370 e. The van der Waals surface area contributed by atoms with Crippen molar-refractivity contribution in [2.24, 2.45) is 0 Å². The molecule has 0 N–H and O–H groups in total. The number of rotatable bonds is 4. The molecular weight excluding hydrogens is 398 g/mol. The number of sulfonamides is 1. The lowest BCUT2D eigenvalue weighted by Gasteiger charge is -2.29. The molecule has 0 saturated carbocycles. The van der Waals surface area contributed by atoms with E-state index in [-0.39, 0.29) is 10.8 Å². The van der Waals surface area contributed by atoms with E-state index in [2.05, 4.69) is 36.1 Å². The van der Waals surface area contributed by atoms with Gasteiger partial charge in [-0.3, -0.25) is 4.79 Å². The Morgan fingerprint density at radius 3 is 2.33 bits per heavy atom. The van der Waals surface area contributed by atoms with Crippen LogP contribution in [0, 0.1) is 6.92 Å². The summed E-state index contributed by atoms with van der Waals surface area (Å²) in [5, 5.41) is 0. The van der Waals surface area contributed by atoms with E-state index in [0.717, 1.165) is 19.5 Å². The van der Waals surface area contributed by atoms with Crippen molar-refractivity contribution in [1.29, 1.82) is 0 Å². The topological polar surface area (TPSA) is 60.9 Å². The molecule has 1 unspecified atom stereocenters. The van der Waals surface area contributed by atoms with E-state index in [1.165, 1.54) is 15.6 Å². The molecule has 1 atom stereocenters. The second-order valence-electron chi connectivity index (χ2n) is 8.09. The molecule has 0 aliphatic carbocycles. The van der Waals surface area contributed by atoms with Crippen molar-refractivity contribution in [3.8, 4) is 0 Å². The maximum Gasteiger partial charge on any atom is 0.243 e. The van der Waals surface area contributed by atoms with E-state index >= 15 is 0 Å². The molecule has 2 aliphatic heterocycles. The average Bonchev–Trinajstić information content (AvgIpc) is 3.14. The van der Waals surface area contributed by atoms with Crippen LogP contribution in [0.5, 0.6) is 0 Å². The predicted molar refractivity (Wildman–Crippen MR) is 118 cm³/mol. The Hall–Kier alpha value is -2.38. The summed E-state index contributed by atoms with van der Waals surface area (Å²) in [6.45, 7) is 5.40. The number of hydrogen-bond donors (Lipinski definition) is 0. The molecule has 2 saturated heterocycles.